The van der Waals surface area contributed by atoms with Gasteiger partial charge in [-0.1, -0.05) is 17.5 Å². The van der Waals surface area contributed by atoms with Gasteiger partial charge in [-0.25, -0.2) is 0 Å². The molecule has 0 spiro atoms. The van der Waals surface area contributed by atoms with Crippen molar-refractivity contribution in [1.82, 2.24) is 5.32 Å². The number of hydrogen-bond donors (Lipinski definition) is 1. The first-order chi connectivity index (χ1) is 8.20. The Morgan fingerprint density at radius 3 is 3.00 bits per heavy atom. The van der Waals surface area contributed by atoms with E-state index in [9.17, 15) is 0 Å². The lowest BCUT2D eigenvalue weighted by Gasteiger charge is -2.20. The Balaban J connectivity index is 2.10. The maximum atomic E-state index is 5.91. The average molecular weight is 250 g/mol. The molecule has 1 aromatic carbocycles. The van der Waals surface area contributed by atoms with Crippen LogP contribution in [-0.4, -0.2) is 19.2 Å². The first kappa shape index (κ1) is 12.3. The molecule has 2 rings (SSSR count). The van der Waals surface area contributed by atoms with Gasteiger partial charge in [0.2, 0.25) is 0 Å². The number of benzene rings is 1. The summed E-state index contributed by atoms with van der Waals surface area (Å²) in [5.41, 5.74) is 1.02. The molecule has 1 aliphatic heterocycles. The van der Waals surface area contributed by atoms with Crippen molar-refractivity contribution in [2.75, 3.05) is 13.1 Å². The molecule has 90 valence electrons. The maximum Gasteiger partial charge on any atom is 0.162 e. The topological polar surface area (TPSA) is 21.3 Å². The highest BCUT2D eigenvalue weighted by molar-refractivity contribution is 6.30. The number of rotatable bonds is 3. The normalized spacial score (nSPS) is 20.9. The van der Waals surface area contributed by atoms with E-state index in [1.165, 1.54) is 0 Å². The third kappa shape index (κ3) is 2.94. The van der Waals surface area contributed by atoms with E-state index in [1.54, 1.807) is 0 Å². The van der Waals surface area contributed by atoms with Crippen LogP contribution in [0.1, 0.15) is 12.0 Å². The fraction of sp³-hybridized carbons (Fsp3) is 0.429. The van der Waals surface area contributed by atoms with E-state index in [0.717, 1.165) is 35.8 Å². The van der Waals surface area contributed by atoms with Gasteiger partial charge in [-0.15, -0.1) is 6.42 Å². The van der Waals surface area contributed by atoms with Crippen molar-refractivity contribution in [3.63, 3.8) is 0 Å². The Bertz CT molecular complexity index is 432. The van der Waals surface area contributed by atoms with Crippen LogP contribution in [0.25, 0.3) is 0 Å². The Labute approximate surface area is 107 Å². The maximum absolute atomic E-state index is 5.91. The molecule has 0 amide bonds. The van der Waals surface area contributed by atoms with Crippen LogP contribution in [0.15, 0.2) is 18.2 Å². The van der Waals surface area contributed by atoms with Gasteiger partial charge in [0.05, 0.1) is 0 Å². The quantitative estimate of drug-likeness (QED) is 0.832. The summed E-state index contributed by atoms with van der Waals surface area (Å²) < 4.78 is 5.90. The van der Waals surface area contributed by atoms with Gasteiger partial charge >= 0.3 is 0 Å². The first-order valence-corrected chi connectivity index (χ1v) is 6.18. The lowest BCUT2D eigenvalue weighted by Crippen LogP contribution is -2.27. The molecule has 1 aliphatic rings. The Hall–Kier alpha value is -1.17. The van der Waals surface area contributed by atoms with Gasteiger partial charge in [0, 0.05) is 17.5 Å². The van der Waals surface area contributed by atoms with Crippen molar-refractivity contribution in [2.45, 2.75) is 19.4 Å². The molecular weight excluding hydrogens is 234 g/mol. The number of halogens is 1. The summed E-state index contributed by atoms with van der Waals surface area (Å²) in [6, 6.07) is 5.59. The lowest BCUT2D eigenvalue weighted by atomic mass is 10.0. The van der Waals surface area contributed by atoms with Crippen LogP contribution in [0.2, 0.25) is 5.02 Å². The third-order valence-corrected chi connectivity index (χ3v) is 3.32. The van der Waals surface area contributed by atoms with Crippen LogP contribution in [0.4, 0.5) is 0 Å². The molecule has 17 heavy (non-hydrogen) atoms. The smallest absolute Gasteiger partial charge is 0.162 e. The summed E-state index contributed by atoms with van der Waals surface area (Å²) in [5.74, 6) is 3.96. The fourth-order valence-electron chi connectivity index (χ4n) is 2.08. The zero-order chi connectivity index (χ0) is 12.3. The summed E-state index contributed by atoms with van der Waals surface area (Å²) in [6.45, 7) is 3.93. The highest BCUT2D eigenvalue weighted by Crippen LogP contribution is 2.25. The van der Waals surface area contributed by atoms with Crippen LogP contribution in [0, 0.1) is 25.2 Å². The average Bonchev–Trinajstić information content (AvgIpc) is 2.81. The molecule has 1 fully saturated rings. The second kappa shape index (κ2) is 5.44. The van der Waals surface area contributed by atoms with Crippen LogP contribution in [0.3, 0.4) is 0 Å². The predicted molar refractivity (Wildman–Crippen MR) is 70.4 cm³/mol. The molecule has 0 aromatic heterocycles. The van der Waals surface area contributed by atoms with Gasteiger partial charge in [-0.3, -0.25) is 0 Å². The predicted octanol–water partition coefficient (Wildman–Crippen LogP) is 2.64. The van der Waals surface area contributed by atoms with Gasteiger partial charge in [0.25, 0.3) is 0 Å². The van der Waals surface area contributed by atoms with Gasteiger partial charge in [0.15, 0.2) is 6.10 Å². The highest BCUT2D eigenvalue weighted by Gasteiger charge is 2.25. The van der Waals surface area contributed by atoms with E-state index in [0.29, 0.717) is 5.92 Å². The van der Waals surface area contributed by atoms with Crippen LogP contribution < -0.4 is 10.1 Å². The lowest BCUT2D eigenvalue weighted by molar-refractivity contribution is 0.195. The second-order valence-corrected chi connectivity index (χ2v) is 4.80. The molecule has 0 bridgehead atoms. The van der Waals surface area contributed by atoms with Crippen molar-refractivity contribution in [2.24, 2.45) is 5.92 Å². The van der Waals surface area contributed by atoms with Crippen molar-refractivity contribution in [3.05, 3.63) is 28.8 Å². The molecule has 3 heteroatoms. The largest absolute Gasteiger partial charge is 0.477 e. The van der Waals surface area contributed by atoms with Gasteiger partial charge < -0.3 is 10.1 Å². The zero-order valence-corrected chi connectivity index (χ0v) is 10.6. The third-order valence-electron chi connectivity index (χ3n) is 3.08. The molecule has 0 aliphatic carbocycles. The van der Waals surface area contributed by atoms with E-state index in [4.69, 9.17) is 22.8 Å². The van der Waals surface area contributed by atoms with E-state index in [1.807, 2.05) is 25.1 Å². The monoisotopic (exact) mass is 249 g/mol. The zero-order valence-electron chi connectivity index (χ0n) is 9.87. The number of hydrogen-bond acceptors (Lipinski definition) is 2. The summed E-state index contributed by atoms with van der Waals surface area (Å²) in [7, 11) is 0. The summed E-state index contributed by atoms with van der Waals surface area (Å²) in [6.07, 6.45) is 6.46. The number of nitrogens with one attached hydrogen (secondary N) is 1. The van der Waals surface area contributed by atoms with Gasteiger partial charge in [-0.05, 0) is 43.7 Å². The molecule has 2 unspecified atom stereocenters. The van der Waals surface area contributed by atoms with Gasteiger partial charge in [0.1, 0.15) is 5.75 Å². The van der Waals surface area contributed by atoms with Crippen molar-refractivity contribution in [1.29, 1.82) is 0 Å². The molecular formula is C14H16ClNO. The summed E-state index contributed by atoms with van der Waals surface area (Å²) >= 11 is 5.91. The standard InChI is InChI=1S/C14H16ClNO/c1-3-13(11-6-7-16-9-11)17-14-5-4-12(15)8-10(14)2/h1,4-5,8,11,13,16H,6-7,9H2,2H3. The van der Waals surface area contributed by atoms with Gasteiger partial charge in [-0.2, -0.15) is 0 Å². The molecule has 2 nitrogen and oxygen atoms in total. The van der Waals surface area contributed by atoms with E-state index >= 15 is 0 Å². The Morgan fingerprint density at radius 2 is 2.41 bits per heavy atom. The minimum Gasteiger partial charge on any atom is -0.477 e. The Kier molecular flexibility index (Phi) is 3.93. The van der Waals surface area contributed by atoms with E-state index in [-0.39, 0.29) is 6.10 Å². The second-order valence-electron chi connectivity index (χ2n) is 4.37. The van der Waals surface area contributed by atoms with Crippen LogP contribution >= 0.6 is 11.6 Å². The highest BCUT2D eigenvalue weighted by atomic mass is 35.5. The first-order valence-electron chi connectivity index (χ1n) is 5.80. The molecule has 0 radical (unpaired) electrons. The molecule has 1 aromatic rings. The van der Waals surface area contributed by atoms with E-state index in [2.05, 4.69) is 11.2 Å². The van der Waals surface area contributed by atoms with Crippen LogP contribution in [0.5, 0.6) is 5.75 Å². The van der Waals surface area contributed by atoms with Crippen molar-refractivity contribution in [3.8, 4) is 18.1 Å². The summed E-state index contributed by atoms with van der Waals surface area (Å²) in [5, 5.41) is 4.02. The van der Waals surface area contributed by atoms with Crippen molar-refractivity contribution < 1.29 is 4.74 Å². The molecule has 2 atom stereocenters. The number of aryl methyl sites for hydroxylation is 1. The fourth-order valence-corrected chi connectivity index (χ4v) is 2.31. The molecule has 1 N–H and O–H groups in total. The molecule has 0 saturated carbocycles. The Morgan fingerprint density at radius 1 is 1.59 bits per heavy atom. The molecule has 1 saturated heterocycles. The van der Waals surface area contributed by atoms with Crippen LogP contribution in [-0.2, 0) is 0 Å². The minimum absolute atomic E-state index is 0.162. The summed E-state index contributed by atoms with van der Waals surface area (Å²) in [4.78, 5) is 0. The number of ether oxygens (including phenoxy) is 1. The van der Waals surface area contributed by atoms with Crippen molar-refractivity contribution >= 4 is 11.6 Å². The SMILES string of the molecule is C#CC(Oc1ccc(Cl)cc1C)C1CCNC1. The number of terminal acetylenes is 1. The molecule has 1 heterocycles. The van der Waals surface area contributed by atoms with E-state index < -0.39 is 0 Å². The minimum atomic E-state index is -0.162.